The first kappa shape index (κ1) is 20.9. The van der Waals surface area contributed by atoms with Crippen LogP contribution in [0.1, 0.15) is 36.5 Å². The molecule has 2 heterocycles. The van der Waals surface area contributed by atoms with Crippen LogP contribution in [-0.4, -0.2) is 36.3 Å². The summed E-state index contributed by atoms with van der Waals surface area (Å²) in [5.74, 6) is -0.794. The fourth-order valence-electron chi connectivity index (χ4n) is 3.57. The van der Waals surface area contributed by atoms with Gasteiger partial charge < -0.3 is 4.57 Å². The van der Waals surface area contributed by atoms with E-state index in [2.05, 4.69) is 4.99 Å². The van der Waals surface area contributed by atoms with E-state index in [1.807, 2.05) is 11.5 Å². The second-order valence-corrected chi connectivity index (χ2v) is 10.1. The summed E-state index contributed by atoms with van der Waals surface area (Å²) in [5.41, 5.74) is 1.14. The Balaban J connectivity index is 1.67. The van der Waals surface area contributed by atoms with Crippen LogP contribution in [0.5, 0.6) is 0 Å². The molecule has 0 atom stereocenters. The lowest BCUT2D eigenvalue weighted by Gasteiger charge is -2.15. The second-order valence-electron chi connectivity index (χ2n) is 7.20. The number of carbonyl (C=O) groups is 1. The lowest BCUT2D eigenvalue weighted by molar-refractivity contribution is 0.0997. The van der Waals surface area contributed by atoms with Crippen LogP contribution in [0, 0.1) is 5.82 Å². The van der Waals surface area contributed by atoms with Crippen molar-refractivity contribution in [3.63, 3.8) is 0 Å². The number of sulfonamides is 1. The number of hydrogen-bond acceptors (Lipinski definition) is 4. The van der Waals surface area contributed by atoms with E-state index in [0.29, 0.717) is 30.0 Å². The van der Waals surface area contributed by atoms with Crippen LogP contribution in [0.2, 0.25) is 0 Å². The zero-order chi connectivity index (χ0) is 21.3. The average molecular weight is 448 g/mol. The average Bonchev–Trinajstić information content (AvgIpc) is 3.38. The molecule has 1 amide bonds. The zero-order valence-corrected chi connectivity index (χ0v) is 18.2. The third kappa shape index (κ3) is 3.97. The molecule has 2 aromatic carbocycles. The number of nitrogens with zero attached hydrogens (tertiary/aromatic N) is 3. The van der Waals surface area contributed by atoms with Crippen molar-refractivity contribution in [3.8, 4) is 0 Å². The number of benzene rings is 2. The Kier molecular flexibility index (Phi) is 5.86. The predicted molar refractivity (Wildman–Crippen MR) is 114 cm³/mol. The van der Waals surface area contributed by atoms with Gasteiger partial charge in [-0.05, 0) is 61.7 Å². The van der Waals surface area contributed by atoms with Crippen LogP contribution in [0.4, 0.5) is 4.39 Å². The van der Waals surface area contributed by atoms with Gasteiger partial charge in [0.15, 0.2) is 4.80 Å². The Labute approximate surface area is 178 Å². The molecule has 0 unspecified atom stereocenters. The summed E-state index contributed by atoms with van der Waals surface area (Å²) < 4.78 is 43.0. The van der Waals surface area contributed by atoms with Gasteiger partial charge in [0.1, 0.15) is 5.82 Å². The monoisotopic (exact) mass is 447 g/mol. The van der Waals surface area contributed by atoms with E-state index in [1.165, 1.54) is 52.0 Å². The van der Waals surface area contributed by atoms with Crippen molar-refractivity contribution >= 4 is 37.5 Å². The summed E-state index contributed by atoms with van der Waals surface area (Å²) in [6, 6.07) is 10.4. The quantitative estimate of drug-likeness (QED) is 0.598. The molecule has 9 heteroatoms. The highest BCUT2D eigenvalue weighted by Gasteiger charge is 2.27. The highest BCUT2D eigenvalue weighted by molar-refractivity contribution is 7.89. The standard InChI is InChI=1S/C21H22FN3O3S2/c1-2-11-25-18-10-7-16(22)14-19(18)29-21(25)23-20(26)15-5-8-17(9-6-15)30(27,28)24-12-3-4-13-24/h5-10,14H,2-4,11-13H2,1H3. The van der Waals surface area contributed by atoms with Crippen molar-refractivity contribution in [2.75, 3.05) is 13.1 Å². The number of halogens is 1. The Morgan fingerprint density at radius 1 is 1.13 bits per heavy atom. The summed E-state index contributed by atoms with van der Waals surface area (Å²) in [7, 11) is -3.52. The van der Waals surface area contributed by atoms with Gasteiger partial charge in [0.2, 0.25) is 10.0 Å². The molecule has 158 valence electrons. The number of aryl methyl sites for hydroxylation is 1. The highest BCUT2D eigenvalue weighted by atomic mass is 32.2. The molecule has 4 rings (SSSR count). The molecule has 0 aliphatic carbocycles. The van der Waals surface area contributed by atoms with Gasteiger partial charge in [-0.15, -0.1) is 0 Å². The van der Waals surface area contributed by atoms with E-state index in [0.717, 1.165) is 29.5 Å². The molecule has 1 aromatic heterocycles. The van der Waals surface area contributed by atoms with Gasteiger partial charge in [0.25, 0.3) is 5.91 Å². The van der Waals surface area contributed by atoms with Crippen LogP contribution in [-0.2, 0) is 16.6 Å². The first-order valence-electron chi connectivity index (χ1n) is 9.88. The number of amides is 1. The lowest BCUT2D eigenvalue weighted by Crippen LogP contribution is -2.27. The molecule has 1 aliphatic heterocycles. The molecule has 6 nitrogen and oxygen atoms in total. The molecule has 0 radical (unpaired) electrons. The normalized spacial score (nSPS) is 15.9. The van der Waals surface area contributed by atoms with E-state index in [9.17, 15) is 17.6 Å². The number of thiazole rings is 1. The van der Waals surface area contributed by atoms with Crippen molar-refractivity contribution in [2.45, 2.75) is 37.6 Å². The smallest absolute Gasteiger partial charge is 0.279 e. The molecule has 0 N–H and O–H groups in total. The Hall–Kier alpha value is -2.36. The van der Waals surface area contributed by atoms with E-state index < -0.39 is 15.9 Å². The molecule has 1 aliphatic rings. The Morgan fingerprint density at radius 3 is 2.50 bits per heavy atom. The van der Waals surface area contributed by atoms with Crippen LogP contribution in [0.15, 0.2) is 52.4 Å². The fourth-order valence-corrected chi connectivity index (χ4v) is 6.17. The first-order chi connectivity index (χ1) is 14.4. The maximum absolute atomic E-state index is 13.6. The van der Waals surface area contributed by atoms with Gasteiger partial charge in [-0.3, -0.25) is 4.79 Å². The summed E-state index contributed by atoms with van der Waals surface area (Å²) >= 11 is 1.26. The van der Waals surface area contributed by atoms with E-state index in [1.54, 1.807) is 6.07 Å². The molecule has 3 aromatic rings. The maximum Gasteiger partial charge on any atom is 0.279 e. The number of rotatable bonds is 5. The van der Waals surface area contributed by atoms with Gasteiger partial charge in [0.05, 0.1) is 15.1 Å². The van der Waals surface area contributed by atoms with Crippen molar-refractivity contribution in [1.29, 1.82) is 0 Å². The van der Waals surface area contributed by atoms with Gasteiger partial charge in [-0.1, -0.05) is 18.3 Å². The molecule has 0 saturated carbocycles. The van der Waals surface area contributed by atoms with Crippen LogP contribution in [0.3, 0.4) is 0 Å². The minimum Gasteiger partial charge on any atom is -0.316 e. The van der Waals surface area contributed by atoms with Gasteiger partial charge >= 0.3 is 0 Å². The number of aromatic nitrogens is 1. The predicted octanol–water partition coefficient (Wildman–Crippen LogP) is 3.78. The third-order valence-electron chi connectivity index (χ3n) is 5.09. The molecule has 30 heavy (non-hydrogen) atoms. The SMILES string of the molecule is CCCn1c(=NC(=O)c2ccc(S(=O)(=O)N3CCCC3)cc2)sc2cc(F)ccc21. The minimum absolute atomic E-state index is 0.180. The minimum atomic E-state index is -3.52. The van der Waals surface area contributed by atoms with Crippen molar-refractivity contribution in [2.24, 2.45) is 4.99 Å². The first-order valence-corrected chi connectivity index (χ1v) is 12.1. The maximum atomic E-state index is 13.6. The second kappa shape index (κ2) is 8.41. The summed E-state index contributed by atoms with van der Waals surface area (Å²) in [6.45, 7) is 3.74. The molecule has 1 fully saturated rings. The van der Waals surface area contributed by atoms with Gasteiger partial charge in [-0.2, -0.15) is 9.30 Å². The van der Waals surface area contributed by atoms with Crippen molar-refractivity contribution in [1.82, 2.24) is 8.87 Å². The lowest BCUT2D eigenvalue weighted by atomic mass is 10.2. The van der Waals surface area contributed by atoms with E-state index >= 15 is 0 Å². The van der Waals surface area contributed by atoms with Crippen molar-refractivity contribution in [3.05, 3.63) is 58.6 Å². The van der Waals surface area contributed by atoms with Gasteiger partial charge in [0, 0.05) is 25.2 Å². The summed E-state index contributed by atoms with van der Waals surface area (Å²) in [5, 5.41) is 0. The van der Waals surface area contributed by atoms with Crippen molar-refractivity contribution < 1.29 is 17.6 Å². The van der Waals surface area contributed by atoms with Gasteiger partial charge in [-0.25, -0.2) is 12.8 Å². The summed E-state index contributed by atoms with van der Waals surface area (Å²) in [4.78, 5) is 17.6. The highest BCUT2D eigenvalue weighted by Crippen LogP contribution is 2.22. The molecule has 0 bridgehead atoms. The molecule has 0 spiro atoms. The third-order valence-corrected chi connectivity index (χ3v) is 8.05. The van der Waals surface area contributed by atoms with Crippen LogP contribution >= 0.6 is 11.3 Å². The Bertz CT molecular complexity index is 1250. The number of carbonyl (C=O) groups excluding carboxylic acids is 1. The molecule has 1 saturated heterocycles. The zero-order valence-electron chi connectivity index (χ0n) is 16.5. The summed E-state index contributed by atoms with van der Waals surface area (Å²) in [6.07, 6.45) is 2.57. The number of fused-ring (bicyclic) bond motifs is 1. The molecular formula is C21H22FN3O3S2. The topological polar surface area (TPSA) is 71.7 Å². The van der Waals surface area contributed by atoms with Crippen LogP contribution < -0.4 is 4.80 Å². The fraction of sp³-hybridized carbons (Fsp3) is 0.333. The Morgan fingerprint density at radius 2 is 1.83 bits per heavy atom. The molecular weight excluding hydrogens is 425 g/mol. The van der Waals surface area contributed by atoms with E-state index in [-0.39, 0.29) is 10.7 Å². The largest absolute Gasteiger partial charge is 0.316 e. The van der Waals surface area contributed by atoms with E-state index in [4.69, 9.17) is 0 Å². The van der Waals surface area contributed by atoms with Crippen LogP contribution in [0.25, 0.3) is 10.2 Å². The number of hydrogen-bond donors (Lipinski definition) is 0.